The summed E-state index contributed by atoms with van der Waals surface area (Å²) < 4.78 is 0. The third kappa shape index (κ3) is 2.86. The van der Waals surface area contributed by atoms with Crippen molar-refractivity contribution in [3.63, 3.8) is 0 Å². The third-order valence-electron chi connectivity index (χ3n) is 10.2. The molecule has 0 saturated carbocycles. The van der Waals surface area contributed by atoms with Crippen molar-refractivity contribution >= 4 is 17.1 Å². The van der Waals surface area contributed by atoms with E-state index in [1.165, 1.54) is 44.8 Å². The van der Waals surface area contributed by atoms with Gasteiger partial charge in [0, 0.05) is 23.5 Å². The minimum atomic E-state index is -0.670. The number of benzene rings is 5. The van der Waals surface area contributed by atoms with Crippen LogP contribution >= 0.6 is 0 Å². The van der Waals surface area contributed by atoms with Crippen LogP contribution in [0.2, 0.25) is 0 Å². The fourth-order valence-electron chi connectivity index (χ4n) is 8.65. The van der Waals surface area contributed by atoms with Gasteiger partial charge in [0.15, 0.2) is 0 Å². The zero-order valence-corrected chi connectivity index (χ0v) is 24.4. The zero-order chi connectivity index (χ0) is 29.6. The molecule has 0 atom stereocenters. The number of pyridine rings is 2. The Kier molecular flexibility index (Phi) is 4.85. The lowest BCUT2D eigenvalue weighted by Crippen LogP contribution is -2.44. The van der Waals surface area contributed by atoms with Gasteiger partial charge in [0.1, 0.15) is 5.41 Å². The summed E-state index contributed by atoms with van der Waals surface area (Å²) in [5.41, 5.74) is 14.1. The van der Waals surface area contributed by atoms with Crippen molar-refractivity contribution < 1.29 is 0 Å². The van der Waals surface area contributed by atoms with E-state index in [4.69, 9.17) is 9.97 Å². The highest BCUT2D eigenvalue weighted by Crippen LogP contribution is 2.67. The Morgan fingerprint density at radius 3 is 1.38 bits per heavy atom. The van der Waals surface area contributed by atoms with Gasteiger partial charge in [-0.05, 0) is 57.6 Å². The Labute approximate surface area is 262 Å². The highest BCUT2D eigenvalue weighted by Gasteiger charge is 2.57. The normalized spacial score (nSPS) is 15.4. The van der Waals surface area contributed by atoms with Gasteiger partial charge in [0.25, 0.3) is 0 Å². The molecule has 2 aliphatic heterocycles. The number of rotatable bonds is 2. The van der Waals surface area contributed by atoms with Crippen LogP contribution in [0.5, 0.6) is 0 Å². The molecular formula is C42H27N3. The van der Waals surface area contributed by atoms with Crippen LogP contribution in [0.1, 0.15) is 44.8 Å². The molecule has 5 aromatic carbocycles. The van der Waals surface area contributed by atoms with Crippen LogP contribution in [0.3, 0.4) is 0 Å². The van der Waals surface area contributed by atoms with Crippen LogP contribution in [0.4, 0.5) is 17.1 Å². The number of para-hydroxylation sites is 3. The first-order valence-electron chi connectivity index (χ1n) is 15.5. The zero-order valence-electron chi connectivity index (χ0n) is 24.4. The molecule has 3 heteroatoms. The van der Waals surface area contributed by atoms with E-state index in [1.807, 2.05) is 24.5 Å². The second-order valence-electron chi connectivity index (χ2n) is 12.1. The molecule has 3 aliphatic rings. The van der Waals surface area contributed by atoms with Gasteiger partial charge in [0.05, 0.1) is 33.9 Å². The van der Waals surface area contributed by atoms with Gasteiger partial charge in [-0.3, -0.25) is 9.97 Å². The molecule has 45 heavy (non-hydrogen) atoms. The molecule has 2 aromatic heterocycles. The first kappa shape index (κ1) is 24.6. The first-order chi connectivity index (χ1) is 22.4. The summed E-state index contributed by atoms with van der Waals surface area (Å²) in [6.45, 7) is 0. The Morgan fingerprint density at radius 2 is 0.822 bits per heavy atom. The van der Waals surface area contributed by atoms with Crippen LogP contribution in [-0.4, -0.2) is 9.97 Å². The van der Waals surface area contributed by atoms with Crippen LogP contribution in [0.15, 0.2) is 164 Å². The van der Waals surface area contributed by atoms with E-state index in [1.54, 1.807) is 0 Å². The van der Waals surface area contributed by atoms with Crippen LogP contribution in [0.25, 0.3) is 11.1 Å². The molecule has 0 fully saturated rings. The van der Waals surface area contributed by atoms with Crippen molar-refractivity contribution in [2.45, 2.75) is 10.8 Å². The molecular weight excluding hydrogens is 546 g/mol. The summed E-state index contributed by atoms with van der Waals surface area (Å²) in [5.74, 6) is 0. The van der Waals surface area contributed by atoms with Crippen LogP contribution in [-0.2, 0) is 10.8 Å². The molecule has 1 aliphatic carbocycles. The minimum Gasteiger partial charge on any atom is -0.309 e. The summed E-state index contributed by atoms with van der Waals surface area (Å²) in [5, 5.41) is 0. The summed E-state index contributed by atoms with van der Waals surface area (Å²) in [6.07, 6.45) is 3.87. The monoisotopic (exact) mass is 573 g/mol. The molecule has 210 valence electrons. The van der Waals surface area contributed by atoms with Gasteiger partial charge in [-0.2, -0.15) is 0 Å². The SMILES string of the molecule is c1ccc(C2(c3ccccc3)c3ccccc3N3c4ccccc4C4(c5cccc2c53)c2ncccc2-c2cccnc24)cc1. The second-order valence-corrected chi connectivity index (χ2v) is 12.1. The van der Waals surface area contributed by atoms with Crippen molar-refractivity contribution in [2.75, 3.05) is 4.90 Å². The maximum Gasteiger partial charge on any atom is 0.110 e. The number of hydrogen-bond acceptors (Lipinski definition) is 3. The Balaban J connectivity index is 1.44. The fourth-order valence-corrected chi connectivity index (χ4v) is 8.65. The first-order valence-corrected chi connectivity index (χ1v) is 15.5. The van der Waals surface area contributed by atoms with E-state index < -0.39 is 10.8 Å². The van der Waals surface area contributed by atoms with E-state index >= 15 is 0 Å². The van der Waals surface area contributed by atoms with E-state index in [0.717, 1.165) is 28.2 Å². The van der Waals surface area contributed by atoms with Gasteiger partial charge in [0.2, 0.25) is 0 Å². The Hall–Kier alpha value is -5.80. The van der Waals surface area contributed by atoms with Gasteiger partial charge in [-0.25, -0.2) is 0 Å². The van der Waals surface area contributed by atoms with Gasteiger partial charge in [-0.15, -0.1) is 0 Å². The largest absolute Gasteiger partial charge is 0.309 e. The number of fused-ring (bicyclic) bond motifs is 11. The maximum absolute atomic E-state index is 5.19. The molecule has 10 rings (SSSR count). The molecule has 3 nitrogen and oxygen atoms in total. The Morgan fingerprint density at radius 1 is 0.378 bits per heavy atom. The average Bonchev–Trinajstić information content (AvgIpc) is 3.41. The van der Waals surface area contributed by atoms with Crippen molar-refractivity contribution in [2.24, 2.45) is 0 Å². The van der Waals surface area contributed by atoms with Crippen molar-refractivity contribution in [1.29, 1.82) is 0 Å². The highest BCUT2D eigenvalue weighted by atomic mass is 15.2. The number of aromatic nitrogens is 2. The minimum absolute atomic E-state index is 0.549. The predicted octanol–water partition coefficient (Wildman–Crippen LogP) is 9.32. The molecule has 0 amide bonds. The van der Waals surface area contributed by atoms with E-state index in [2.05, 4.69) is 144 Å². The average molecular weight is 574 g/mol. The second kappa shape index (κ2) is 8.87. The summed E-state index contributed by atoms with van der Waals surface area (Å²) in [6, 6.07) is 55.3. The lowest BCUT2D eigenvalue weighted by molar-refractivity contribution is 0.674. The Bertz CT molecular complexity index is 2140. The van der Waals surface area contributed by atoms with Crippen molar-refractivity contribution in [1.82, 2.24) is 9.97 Å². The van der Waals surface area contributed by atoms with E-state index in [-0.39, 0.29) is 0 Å². The molecule has 1 spiro atoms. The molecule has 0 N–H and O–H groups in total. The molecule has 0 unspecified atom stereocenters. The van der Waals surface area contributed by atoms with Crippen LogP contribution in [0, 0.1) is 0 Å². The summed E-state index contributed by atoms with van der Waals surface area (Å²) in [4.78, 5) is 12.9. The lowest BCUT2D eigenvalue weighted by Gasteiger charge is -2.52. The summed E-state index contributed by atoms with van der Waals surface area (Å²) >= 11 is 0. The number of anilines is 3. The summed E-state index contributed by atoms with van der Waals surface area (Å²) in [7, 11) is 0. The lowest BCUT2D eigenvalue weighted by atomic mass is 9.59. The van der Waals surface area contributed by atoms with E-state index in [0.29, 0.717) is 0 Å². The van der Waals surface area contributed by atoms with E-state index in [9.17, 15) is 0 Å². The van der Waals surface area contributed by atoms with Crippen molar-refractivity contribution in [3.05, 3.63) is 209 Å². The maximum atomic E-state index is 5.19. The third-order valence-corrected chi connectivity index (χ3v) is 10.2. The predicted molar refractivity (Wildman–Crippen MR) is 179 cm³/mol. The molecule has 0 bridgehead atoms. The number of hydrogen-bond donors (Lipinski definition) is 0. The van der Waals surface area contributed by atoms with Crippen molar-refractivity contribution in [3.8, 4) is 11.1 Å². The van der Waals surface area contributed by atoms with Gasteiger partial charge < -0.3 is 4.90 Å². The smallest absolute Gasteiger partial charge is 0.110 e. The fraction of sp³-hybridized carbons (Fsp3) is 0.0476. The topological polar surface area (TPSA) is 29.0 Å². The van der Waals surface area contributed by atoms with Gasteiger partial charge >= 0.3 is 0 Å². The number of nitrogens with zero attached hydrogens (tertiary/aromatic N) is 3. The van der Waals surface area contributed by atoms with Crippen LogP contribution < -0.4 is 4.90 Å². The highest BCUT2D eigenvalue weighted by molar-refractivity contribution is 5.99. The molecule has 7 aromatic rings. The molecule has 0 saturated heterocycles. The van der Waals surface area contributed by atoms with Gasteiger partial charge in [-0.1, -0.05) is 127 Å². The molecule has 4 heterocycles. The standard InChI is InChI=1S/C42H27N3/c1-3-14-28(15-4-1)41(29-16-5-2-6-17-29)32-20-7-9-24-36(32)45-37-25-10-8-21-33(37)42(35-23-11-22-34(41)38(35)45)39-30(18-12-26-43-39)31-19-13-27-44-40(31)42/h1-27H. The quantitative estimate of drug-likeness (QED) is 0.206. The molecule has 0 radical (unpaired) electrons.